The van der Waals surface area contributed by atoms with Crippen molar-refractivity contribution in [2.75, 3.05) is 6.54 Å². The van der Waals surface area contributed by atoms with Crippen molar-refractivity contribution < 1.29 is 19.8 Å². The number of carbonyl (C=O) groups is 2. The second-order valence-electron chi connectivity index (χ2n) is 4.16. The molecular formula is C13H12N2O5. The van der Waals surface area contributed by atoms with Crippen LogP contribution in [0, 0.1) is 0 Å². The molecule has 7 nitrogen and oxygen atoms in total. The van der Waals surface area contributed by atoms with Gasteiger partial charge in [0.1, 0.15) is 5.69 Å². The molecule has 1 aromatic heterocycles. The molecule has 0 aliphatic carbocycles. The highest BCUT2D eigenvalue weighted by molar-refractivity contribution is 5.96. The Balaban J connectivity index is 2.23. The second-order valence-corrected chi connectivity index (χ2v) is 4.16. The second kappa shape index (κ2) is 5.54. The van der Waals surface area contributed by atoms with E-state index >= 15 is 0 Å². The van der Waals surface area contributed by atoms with Crippen molar-refractivity contribution >= 4 is 22.6 Å². The highest BCUT2D eigenvalue weighted by Gasteiger charge is 2.15. The molecule has 0 fully saturated rings. The standard InChI is InChI=1S/C13H12N2O5/c16-10(13(19)20)6-14-12(18)9-5-7-3-1-2-4-8(7)11(17)15-9/h1-5,10,16H,6H2,(H,14,18)(H,15,17)(H,19,20). The van der Waals surface area contributed by atoms with Gasteiger partial charge in [0.2, 0.25) is 0 Å². The van der Waals surface area contributed by atoms with E-state index in [2.05, 4.69) is 10.3 Å². The van der Waals surface area contributed by atoms with Crippen LogP contribution in [0.1, 0.15) is 10.5 Å². The first-order valence-electron chi connectivity index (χ1n) is 5.80. The summed E-state index contributed by atoms with van der Waals surface area (Å²) < 4.78 is 0. The van der Waals surface area contributed by atoms with Gasteiger partial charge in [0.15, 0.2) is 6.10 Å². The van der Waals surface area contributed by atoms with E-state index < -0.39 is 30.1 Å². The number of aliphatic hydroxyl groups is 1. The lowest BCUT2D eigenvalue weighted by Crippen LogP contribution is -2.37. The third-order valence-corrected chi connectivity index (χ3v) is 2.74. The van der Waals surface area contributed by atoms with Gasteiger partial charge in [-0.05, 0) is 17.5 Å². The summed E-state index contributed by atoms with van der Waals surface area (Å²) in [5.41, 5.74) is -0.404. The van der Waals surface area contributed by atoms with Crippen molar-refractivity contribution in [2.45, 2.75) is 6.10 Å². The summed E-state index contributed by atoms with van der Waals surface area (Å²) in [5.74, 6) is -2.09. The largest absolute Gasteiger partial charge is 0.479 e. The number of hydrogen-bond acceptors (Lipinski definition) is 4. The van der Waals surface area contributed by atoms with Crippen LogP contribution in [-0.2, 0) is 4.79 Å². The van der Waals surface area contributed by atoms with Gasteiger partial charge in [-0.15, -0.1) is 0 Å². The molecule has 0 radical (unpaired) electrons. The van der Waals surface area contributed by atoms with E-state index in [1.165, 1.54) is 6.07 Å². The molecule has 1 amide bonds. The summed E-state index contributed by atoms with van der Waals surface area (Å²) in [4.78, 5) is 36.4. The van der Waals surface area contributed by atoms with Crippen LogP contribution in [0.25, 0.3) is 10.8 Å². The maximum atomic E-state index is 11.8. The Morgan fingerprint density at radius 2 is 2.00 bits per heavy atom. The lowest BCUT2D eigenvalue weighted by molar-refractivity contribution is -0.146. The number of benzene rings is 1. The van der Waals surface area contributed by atoms with E-state index in [9.17, 15) is 14.4 Å². The Morgan fingerprint density at radius 3 is 2.70 bits per heavy atom. The van der Waals surface area contributed by atoms with Crippen molar-refractivity contribution in [1.29, 1.82) is 0 Å². The van der Waals surface area contributed by atoms with Gasteiger partial charge in [-0.3, -0.25) is 9.59 Å². The molecular weight excluding hydrogens is 264 g/mol. The number of nitrogens with one attached hydrogen (secondary N) is 2. The van der Waals surface area contributed by atoms with E-state index in [0.717, 1.165) is 0 Å². The molecule has 0 saturated heterocycles. The average Bonchev–Trinajstić information content (AvgIpc) is 2.44. The predicted molar refractivity (Wildman–Crippen MR) is 70.5 cm³/mol. The normalized spacial score (nSPS) is 12.1. The molecule has 0 saturated carbocycles. The number of aromatic nitrogens is 1. The number of amides is 1. The number of aliphatic carboxylic acids is 1. The molecule has 4 N–H and O–H groups in total. The molecule has 2 rings (SSSR count). The van der Waals surface area contributed by atoms with E-state index in [-0.39, 0.29) is 5.69 Å². The van der Waals surface area contributed by atoms with Crippen molar-refractivity contribution in [3.63, 3.8) is 0 Å². The molecule has 1 aromatic carbocycles. The Morgan fingerprint density at radius 1 is 1.30 bits per heavy atom. The molecule has 0 aliphatic heterocycles. The van der Waals surface area contributed by atoms with Gasteiger partial charge >= 0.3 is 5.97 Å². The number of rotatable bonds is 4. The minimum absolute atomic E-state index is 0.00582. The molecule has 2 aromatic rings. The van der Waals surface area contributed by atoms with Crippen LogP contribution in [0.4, 0.5) is 0 Å². The number of pyridine rings is 1. The third kappa shape index (κ3) is 2.83. The zero-order valence-corrected chi connectivity index (χ0v) is 10.3. The molecule has 104 valence electrons. The monoisotopic (exact) mass is 276 g/mol. The highest BCUT2D eigenvalue weighted by atomic mass is 16.4. The fraction of sp³-hybridized carbons (Fsp3) is 0.154. The predicted octanol–water partition coefficient (Wildman–Crippen LogP) is -0.297. The summed E-state index contributed by atoms with van der Waals surface area (Å²) in [6.07, 6.45) is -1.69. The van der Waals surface area contributed by atoms with E-state index in [1.807, 2.05) is 0 Å². The summed E-state index contributed by atoms with van der Waals surface area (Å²) >= 11 is 0. The third-order valence-electron chi connectivity index (χ3n) is 2.74. The molecule has 1 atom stereocenters. The first kappa shape index (κ1) is 13.8. The average molecular weight is 276 g/mol. The van der Waals surface area contributed by atoms with Gasteiger partial charge in [-0.25, -0.2) is 4.79 Å². The molecule has 0 bridgehead atoms. The number of hydrogen-bond donors (Lipinski definition) is 4. The van der Waals surface area contributed by atoms with Crippen molar-refractivity contribution in [2.24, 2.45) is 0 Å². The summed E-state index contributed by atoms with van der Waals surface area (Å²) in [6, 6.07) is 8.24. The zero-order valence-electron chi connectivity index (χ0n) is 10.3. The van der Waals surface area contributed by atoms with Gasteiger partial charge in [0, 0.05) is 5.39 Å². The Bertz CT molecular complexity index is 722. The molecule has 1 unspecified atom stereocenters. The van der Waals surface area contributed by atoms with Gasteiger partial charge in [-0.2, -0.15) is 0 Å². The van der Waals surface area contributed by atoms with Crippen LogP contribution in [0.3, 0.4) is 0 Å². The van der Waals surface area contributed by atoms with Crippen molar-refractivity contribution in [3.8, 4) is 0 Å². The first-order chi connectivity index (χ1) is 9.49. The van der Waals surface area contributed by atoms with Crippen LogP contribution < -0.4 is 10.9 Å². The fourth-order valence-electron chi connectivity index (χ4n) is 1.71. The SMILES string of the molecule is O=C(NCC(O)C(=O)O)c1cc2ccccc2c(=O)[nH]1. The fourth-order valence-corrected chi connectivity index (χ4v) is 1.71. The minimum Gasteiger partial charge on any atom is -0.479 e. The number of carbonyl (C=O) groups excluding carboxylic acids is 1. The number of H-pyrrole nitrogens is 1. The first-order valence-corrected chi connectivity index (χ1v) is 5.80. The minimum atomic E-state index is -1.69. The number of carboxylic acid groups (broad SMARTS) is 1. The quantitative estimate of drug-likeness (QED) is 0.611. The lowest BCUT2D eigenvalue weighted by Gasteiger charge is -2.08. The van der Waals surface area contributed by atoms with Gasteiger partial charge in [0.25, 0.3) is 11.5 Å². The zero-order chi connectivity index (χ0) is 14.7. The lowest BCUT2D eigenvalue weighted by atomic mass is 10.1. The topological polar surface area (TPSA) is 119 Å². The number of fused-ring (bicyclic) bond motifs is 1. The van der Waals surface area contributed by atoms with Gasteiger partial charge in [-0.1, -0.05) is 18.2 Å². The summed E-state index contributed by atoms with van der Waals surface area (Å²) in [7, 11) is 0. The van der Waals surface area contributed by atoms with Crippen LogP contribution in [0.2, 0.25) is 0 Å². The van der Waals surface area contributed by atoms with E-state index in [4.69, 9.17) is 10.2 Å². The van der Waals surface area contributed by atoms with E-state index in [0.29, 0.717) is 10.8 Å². The maximum absolute atomic E-state index is 11.8. The van der Waals surface area contributed by atoms with E-state index in [1.54, 1.807) is 24.3 Å². The van der Waals surface area contributed by atoms with Crippen LogP contribution in [-0.4, -0.2) is 39.7 Å². The van der Waals surface area contributed by atoms with Gasteiger partial charge in [0.05, 0.1) is 6.54 Å². The number of aliphatic hydroxyl groups excluding tert-OH is 1. The van der Waals surface area contributed by atoms with Gasteiger partial charge < -0.3 is 20.5 Å². The highest BCUT2D eigenvalue weighted by Crippen LogP contribution is 2.09. The Hall–Kier alpha value is -2.67. The summed E-state index contributed by atoms with van der Waals surface area (Å²) in [5, 5.41) is 20.8. The molecule has 7 heteroatoms. The van der Waals surface area contributed by atoms with Crippen LogP contribution in [0.15, 0.2) is 35.1 Å². The van der Waals surface area contributed by atoms with Crippen molar-refractivity contribution in [3.05, 3.63) is 46.4 Å². The number of carboxylic acids is 1. The van der Waals surface area contributed by atoms with Crippen LogP contribution >= 0.6 is 0 Å². The smallest absolute Gasteiger partial charge is 0.334 e. The molecule has 1 heterocycles. The molecule has 0 aliphatic rings. The van der Waals surface area contributed by atoms with Crippen LogP contribution in [0.5, 0.6) is 0 Å². The molecule has 0 spiro atoms. The summed E-state index contributed by atoms with van der Waals surface area (Å²) in [6.45, 7) is -0.441. The maximum Gasteiger partial charge on any atom is 0.334 e. The van der Waals surface area contributed by atoms with Crippen molar-refractivity contribution in [1.82, 2.24) is 10.3 Å². The number of aromatic amines is 1. The molecule has 20 heavy (non-hydrogen) atoms. The Labute approximate surface area is 112 Å². The Kier molecular flexibility index (Phi) is 3.81.